The molecule has 1 heterocycles. The van der Waals surface area contributed by atoms with Gasteiger partial charge < -0.3 is 19.7 Å². The zero-order chi connectivity index (χ0) is 18.1. The molecule has 0 bridgehead atoms. The summed E-state index contributed by atoms with van der Waals surface area (Å²) >= 11 is 0. The molecule has 25 heavy (non-hydrogen) atoms. The first-order valence-corrected chi connectivity index (χ1v) is 8.89. The minimum atomic E-state index is -0.0754. The maximum absolute atomic E-state index is 11.9. The summed E-state index contributed by atoms with van der Waals surface area (Å²) in [4.78, 5) is 18.4. The van der Waals surface area contributed by atoms with Crippen molar-refractivity contribution in [2.24, 2.45) is 10.9 Å². The molecule has 1 atom stereocenters. The number of likely N-dealkylation sites (tertiary alicyclic amines) is 1. The first-order valence-electron chi connectivity index (χ1n) is 8.89. The number of carbonyl (C=O) groups is 1. The van der Waals surface area contributed by atoms with Gasteiger partial charge in [-0.25, -0.2) is 0 Å². The molecular formula is C19H29N3O3. The van der Waals surface area contributed by atoms with E-state index in [0.29, 0.717) is 13.2 Å². The van der Waals surface area contributed by atoms with E-state index in [1.54, 1.807) is 14.2 Å². The molecule has 0 saturated carbocycles. The molecule has 0 amide bonds. The Labute approximate surface area is 150 Å². The normalized spacial score (nSPS) is 17.2. The van der Waals surface area contributed by atoms with Crippen LogP contribution in [-0.4, -0.2) is 57.2 Å². The van der Waals surface area contributed by atoms with Gasteiger partial charge >= 0.3 is 5.97 Å². The molecule has 2 rings (SSSR count). The Balaban J connectivity index is 1.86. The maximum Gasteiger partial charge on any atom is 0.309 e. The van der Waals surface area contributed by atoms with Gasteiger partial charge in [0.25, 0.3) is 0 Å². The molecule has 1 fully saturated rings. The molecule has 1 N–H and O–H groups in total. The summed E-state index contributed by atoms with van der Waals surface area (Å²) in [6.45, 7) is 4.53. The number of guanidine groups is 1. The SMILES string of the molecule is CCOC(=O)C1CCN(C(=NC)NCC(OC)c2ccccc2)CC1. The Morgan fingerprint density at radius 2 is 2.00 bits per heavy atom. The largest absolute Gasteiger partial charge is 0.466 e. The Morgan fingerprint density at radius 1 is 1.32 bits per heavy atom. The third-order valence-corrected chi connectivity index (χ3v) is 4.53. The van der Waals surface area contributed by atoms with E-state index in [4.69, 9.17) is 9.47 Å². The molecule has 1 aromatic carbocycles. The van der Waals surface area contributed by atoms with E-state index in [0.717, 1.165) is 37.5 Å². The first kappa shape index (κ1) is 19.2. The fourth-order valence-electron chi connectivity index (χ4n) is 3.11. The lowest BCUT2D eigenvalue weighted by molar-refractivity contribution is -0.149. The van der Waals surface area contributed by atoms with Crippen molar-refractivity contribution in [1.29, 1.82) is 0 Å². The molecular weight excluding hydrogens is 318 g/mol. The molecule has 0 spiro atoms. The van der Waals surface area contributed by atoms with Crippen molar-refractivity contribution in [2.45, 2.75) is 25.9 Å². The van der Waals surface area contributed by atoms with Crippen molar-refractivity contribution < 1.29 is 14.3 Å². The highest BCUT2D eigenvalue weighted by molar-refractivity contribution is 5.80. The number of hydrogen-bond donors (Lipinski definition) is 1. The number of carbonyl (C=O) groups excluding carboxylic acids is 1. The minimum absolute atomic E-state index is 0.00495. The van der Waals surface area contributed by atoms with Crippen LogP contribution in [0.4, 0.5) is 0 Å². The van der Waals surface area contributed by atoms with E-state index >= 15 is 0 Å². The van der Waals surface area contributed by atoms with Crippen molar-refractivity contribution >= 4 is 11.9 Å². The van der Waals surface area contributed by atoms with Gasteiger partial charge in [-0.2, -0.15) is 0 Å². The lowest BCUT2D eigenvalue weighted by atomic mass is 9.97. The Morgan fingerprint density at radius 3 is 2.56 bits per heavy atom. The van der Waals surface area contributed by atoms with Crippen LogP contribution in [0.5, 0.6) is 0 Å². The van der Waals surface area contributed by atoms with E-state index < -0.39 is 0 Å². The Bertz CT molecular complexity index is 554. The van der Waals surface area contributed by atoms with Crippen LogP contribution in [-0.2, 0) is 14.3 Å². The molecule has 1 saturated heterocycles. The molecule has 0 aliphatic carbocycles. The number of methoxy groups -OCH3 is 1. The van der Waals surface area contributed by atoms with Gasteiger partial charge in [-0.05, 0) is 25.3 Å². The Hall–Kier alpha value is -2.08. The van der Waals surface area contributed by atoms with Crippen molar-refractivity contribution in [1.82, 2.24) is 10.2 Å². The number of hydrogen-bond acceptors (Lipinski definition) is 4. The summed E-state index contributed by atoms with van der Waals surface area (Å²) in [5.74, 6) is 0.777. The van der Waals surface area contributed by atoms with Crippen LogP contribution in [0.3, 0.4) is 0 Å². The van der Waals surface area contributed by atoms with Crippen LogP contribution in [0.1, 0.15) is 31.4 Å². The topological polar surface area (TPSA) is 63.2 Å². The fraction of sp³-hybridized carbons (Fsp3) is 0.579. The highest BCUT2D eigenvalue weighted by Gasteiger charge is 2.27. The number of rotatable bonds is 6. The monoisotopic (exact) mass is 347 g/mol. The molecule has 1 unspecified atom stereocenters. The van der Waals surface area contributed by atoms with Crippen LogP contribution in [0.2, 0.25) is 0 Å². The number of esters is 1. The lowest BCUT2D eigenvalue weighted by Gasteiger charge is -2.33. The average molecular weight is 347 g/mol. The second-order valence-electron chi connectivity index (χ2n) is 6.08. The number of nitrogens with zero attached hydrogens (tertiary/aromatic N) is 2. The zero-order valence-electron chi connectivity index (χ0n) is 15.4. The fourth-order valence-corrected chi connectivity index (χ4v) is 3.11. The second-order valence-corrected chi connectivity index (χ2v) is 6.08. The summed E-state index contributed by atoms with van der Waals surface area (Å²) < 4.78 is 10.7. The number of ether oxygens (including phenoxy) is 2. The van der Waals surface area contributed by atoms with Crippen LogP contribution < -0.4 is 5.32 Å². The third-order valence-electron chi connectivity index (χ3n) is 4.53. The average Bonchev–Trinajstić information content (AvgIpc) is 2.66. The summed E-state index contributed by atoms with van der Waals surface area (Å²) in [6, 6.07) is 10.1. The van der Waals surface area contributed by atoms with Crippen LogP contribution >= 0.6 is 0 Å². The summed E-state index contributed by atoms with van der Waals surface area (Å²) in [5.41, 5.74) is 1.13. The van der Waals surface area contributed by atoms with Gasteiger partial charge in [0.15, 0.2) is 5.96 Å². The number of nitrogens with one attached hydrogen (secondary N) is 1. The molecule has 6 nitrogen and oxygen atoms in total. The number of aliphatic imine (C=N–C) groups is 1. The van der Waals surface area contributed by atoms with Gasteiger partial charge in [-0.1, -0.05) is 30.3 Å². The predicted molar refractivity (Wildman–Crippen MR) is 98.5 cm³/mol. The van der Waals surface area contributed by atoms with Crippen molar-refractivity contribution in [3.05, 3.63) is 35.9 Å². The molecule has 1 aliphatic rings. The third kappa shape index (κ3) is 5.46. The van der Waals surface area contributed by atoms with Gasteiger partial charge in [-0.15, -0.1) is 0 Å². The molecule has 0 aromatic heterocycles. The van der Waals surface area contributed by atoms with E-state index in [1.165, 1.54) is 0 Å². The highest BCUT2D eigenvalue weighted by atomic mass is 16.5. The first-order chi connectivity index (χ1) is 12.2. The van der Waals surface area contributed by atoms with E-state index in [-0.39, 0.29) is 18.0 Å². The van der Waals surface area contributed by atoms with Gasteiger partial charge in [-0.3, -0.25) is 9.79 Å². The van der Waals surface area contributed by atoms with Crippen LogP contribution in [0, 0.1) is 5.92 Å². The van der Waals surface area contributed by atoms with Gasteiger partial charge in [0, 0.05) is 33.8 Å². The van der Waals surface area contributed by atoms with Crippen molar-refractivity contribution in [2.75, 3.05) is 40.4 Å². The predicted octanol–water partition coefficient (Wildman–Crippen LogP) is 2.22. The standard InChI is InChI=1S/C19H29N3O3/c1-4-25-18(23)16-10-12-22(13-11-16)19(20-2)21-14-17(24-3)15-8-6-5-7-9-15/h5-9,16-17H,4,10-14H2,1-3H3,(H,20,21). The molecule has 1 aromatic rings. The second kappa shape index (κ2) is 10.0. The molecule has 1 aliphatic heterocycles. The van der Waals surface area contributed by atoms with Crippen LogP contribution in [0.25, 0.3) is 0 Å². The summed E-state index contributed by atoms with van der Waals surface area (Å²) in [7, 11) is 3.50. The van der Waals surface area contributed by atoms with E-state index in [1.807, 2.05) is 25.1 Å². The quantitative estimate of drug-likeness (QED) is 0.486. The van der Waals surface area contributed by atoms with Crippen molar-refractivity contribution in [3.8, 4) is 0 Å². The maximum atomic E-state index is 11.9. The van der Waals surface area contributed by atoms with Gasteiger partial charge in [0.2, 0.25) is 0 Å². The zero-order valence-corrected chi connectivity index (χ0v) is 15.4. The van der Waals surface area contributed by atoms with E-state index in [9.17, 15) is 4.79 Å². The summed E-state index contributed by atoms with van der Waals surface area (Å²) in [6.07, 6.45) is 1.56. The van der Waals surface area contributed by atoms with Crippen molar-refractivity contribution in [3.63, 3.8) is 0 Å². The minimum Gasteiger partial charge on any atom is -0.466 e. The highest BCUT2D eigenvalue weighted by Crippen LogP contribution is 2.19. The van der Waals surface area contributed by atoms with Crippen LogP contribution in [0.15, 0.2) is 35.3 Å². The van der Waals surface area contributed by atoms with Gasteiger partial charge in [0.05, 0.1) is 18.6 Å². The molecule has 6 heteroatoms. The molecule has 138 valence electrons. The lowest BCUT2D eigenvalue weighted by Crippen LogP contribution is -2.47. The number of benzene rings is 1. The Kier molecular flexibility index (Phi) is 7.73. The summed E-state index contributed by atoms with van der Waals surface area (Å²) in [5, 5.41) is 3.39. The number of piperidine rings is 1. The smallest absolute Gasteiger partial charge is 0.309 e. The van der Waals surface area contributed by atoms with Gasteiger partial charge in [0.1, 0.15) is 0 Å². The van der Waals surface area contributed by atoms with E-state index in [2.05, 4.69) is 27.3 Å². The molecule has 0 radical (unpaired) electrons.